The van der Waals surface area contributed by atoms with Gasteiger partial charge in [0.25, 0.3) is 5.56 Å². The van der Waals surface area contributed by atoms with Crippen LogP contribution in [0.15, 0.2) is 41.2 Å². The van der Waals surface area contributed by atoms with Crippen LogP contribution in [0.3, 0.4) is 0 Å². The fourth-order valence-electron chi connectivity index (χ4n) is 3.82. The van der Waals surface area contributed by atoms with Crippen molar-refractivity contribution >= 4 is 5.91 Å². The zero-order valence-electron chi connectivity index (χ0n) is 15.5. The van der Waals surface area contributed by atoms with Gasteiger partial charge in [0.15, 0.2) is 0 Å². The molecule has 0 radical (unpaired) electrons. The molecule has 2 heterocycles. The first-order valence-corrected chi connectivity index (χ1v) is 9.13. The number of hydrogen-bond acceptors (Lipinski definition) is 3. The van der Waals surface area contributed by atoms with E-state index in [1.54, 1.807) is 18.2 Å². The van der Waals surface area contributed by atoms with Crippen LogP contribution < -0.4 is 5.56 Å². The molecule has 0 saturated carbocycles. The van der Waals surface area contributed by atoms with Crippen LogP contribution in [0.25, 0.3) is 11.3 Å². The lowest BCUT2D eigenvalue weighted by Crippen LogP contribution is -2.49. The second kappa shape index (κ2) is 7.75. The molecule has 0 N–H and O–H groups in total. The van der Waals surface area contributed by atoms with Crippen LogP contribution in [0.5, 0.6) is 0 Å². The smallest absolute Gasteiger partial charge is 0.269 e. The van der Waals surface area contributed by atoms with E-state index in [4.69, 9.17) is 0 Å². The topological polar surface area (TPSA) is 66.1 Å². The molecule has 1 aliphatic rings. The maximum atomic E-state index is 13.3. The minimum absolute atomic E-state index is 0.0200. The molecule has 1 fully saturated rings. The van der Waals surface area contributed by atoms with E-state index < -0.39 is 5.56 Å². The molecule has 1 aliphatic heterocycles. The second-order valence-electron chi connectivity index (χ2n) is 7.07. The van der Waals surface area contributed by atoms with Gasteiger partial charge in [0.05, 0.1) is 5.69 Å². The lowest BCUT2D eigenvalue weighted by molar-refractivity contribution is -0.137. The molecule has 0 spiro atoms. The average molecular weight is 367 g/mol. The number of rotatable bonds is 3. The Morgan fingerprint density at radius 1 is 1.15 bits per heavy atom. The Balaban J connectivity index is 2.02. The van der Waals surface area contributed by atoms with Gasteiger partial charge in [-0.2, -0.15) is 5.26 Å². The molecule has 0 aliphatic carbocycles. The molecular weight excluding hydrogens is 345 g/mol. The quantitative estimate of drug-likeness (QED) is 0.836. The summed E-state index contributed by atoms with van der Waals surface area (Å²) in [6.45, 7) is 3.89. The number of amides is 1. The van der Waals surface area contributed by atoms with Crippen LogP contribution in [-0.2, 0) is 11.3 Å². The monoisotopic (exact) mass is 367 g/mol. The Morgan fingerprint density at radius 2 is 1.78 bits per heavy atom. The minimum atomic E-state index is -0.509. The Bertz CT molecular complexity index is 933. The summed E-state index contributed by atoms with van der Waals surface area (Å²) >= 11 is 0. The maximum Gasteiger partial charge on any atom is 0.269 e. The van der Waals surface area contributed by atoms with Crippen molar-refractivity contribution in [2.75, 3.05) is 0 Å². The van der Waals surface area contributed by atoms with Gasteiger partial charge in [0.1, 0.15) is 24.0 Å². The first-order chi connectivity index (χ1) is 12.9. The highest BCUT2D eigenvalue weighted by Gasteiger charge is 2.29. The first kappa shape index (κ1) is 18.8. The van der Waals surface area contributed by atoms with E-state index in [9.17, 15) is 19.2 Å². The van der Waals surface area contributed by atoms with Crippen molar-refractivity contribution in [3.05, 3.63) is 58.1 Å². The molecule has 1 aromatic heterocycles. The fraction of sp³-hybridized carbons (Fsp3) is 0.381. The van der Waals surface area contributed by atoms with E-state index in [-0.39, 0.29) is 35.9 Å². The first-order valence-electron chi connectivity index (χ1n) is 9.13. The molecule has 1 saturated heterocycles. The van der Waals surface area contributed by atoms with E-state index in [1.807, 2.05) is 24.8 Å². The number of halogens is 1. The number of pyridine rings is 1. The van der Waals surface area contributed by atoms with E-state index in [1.165, 1.54) is 22.8 Å². The summed E-state index contributed by atoms with van der Waals surface area (Å²) in [5.74, 6) is -0.524. The van der Waals surface area contributed by atoms with Crippen molar-refractivity contribution in [1.82, 2.24) is 9.47 Å². The van der Waals surface area contributed by atoms with Crippen LogP contribution in [0, 0.1) is 17.1 Å². The third-order valence-corrected chi connectivity index (χ3v) is 5.21. The lowest BCUT2D eigenvalue weighted by Gasteiger charge is -2.39. The van der Waals surface area contributed by atoms with Crippen LogP contribution in [0.4, 0.5) is 4.39 Å². The molecule has 0 bridgehead atoms. The minimum Gasteiger partial charge on any atom is -0.336 e. The van der Waals surface area contributed by atoms with Gasteiger partial charge in [-0.25, -0.2) is 4.39 Å². The fourth-order valence-corrected chi connectivity index (χ4v) is 3.82. The summed E-state index contributed by atoms with van der Waals surface area (Å²) in [5, 5.41) is 9.20. The van der Waals surface area contributed by atoms with E-state index >= 15 is 0 Å². The molecule has 6 heteroatoms. The van der Waals surface area contributed by atoms with E-state index in [2.05, 4.69) is 0 Å². The molecule has 3 rings (SSSR count). The summed E-state index contributed by atoms with van der Waals surface area (Å²) in [6.07, 6.45) is 2.96. The molecule has 1 amide bonds. The van der Waals surface area contributed by atoms with Gasteiger partial charge >= 0.3 is 0 Å². The summed E-state index contributed by atoms with van der Waals surface area (Å²) in [7, 11) is 0. The summed E-state index contributed by atoms with van der Waals surface area (Å²) < 4.78 is 14.6. The molecule has 27 heavy (non-hydrogen) atoms. The van der Waals surface area contributed by atoms with E-state index in [0.29, 0.717) is 11.3 Å². The second-order valence-corrected chi connectivity index (χ2v) is 7.07. The van der Waals surface area contributed by atoms with Crippen molar-refractivity contribution in [3.8, 4) is 17.3 Å². The van der Waals surface area contributed by atoms with Crippen molar-refractivity contribution in [1.29, 1.82) is 5.26 Å². The molecule has 2 unspecified atom stereocenters. The van der Waals surface area contributed by atoms with Crippen molar-refractivity contribution in [2.45, 2.75) is 51.7 Å². The zero-order valence-corrected chi connectivity index (χ0v) is 15.5. The third-order valence-electron chi connectivity index (χ3n) is 5.21. The highest BCUT2D eigenvalue weighted by Crippen LogP contribution is 2.24. The van der Waals surface area contributed by atoms with Gasteiger partial charge in [-0.05, 0) is 75.1 Å². The Labute approximate surface area is 157 Å². The van der Waals surface area contributed by atoms with Gasteiger partial charge in [0, 0.05) is 12.1 Å². The molecule has 2 aromatic rings. The molecular formula is C21H22FN3O2. The Kier molecular flexibility index (Phi) is 5.41. The predicted molar refractivity (Wildman–Crippen MR) is 100 cm³/mol. The number of carbonyl (C=O) groups is 1. The SMILES string of the molecule is CC1CCCC(C)N1C(=O)Cn1c(-c2ccc(F)cc2)ccc(C#N)c1=O. The maximum absolute atomic E-state index is 13.3. The van der Waals surface area contributed by atoms with Gasteiger partial charge in [-0.3, -0.25) is 14.2 Å². The lowest BCUT2D eigenvalue weighted by atomic mass is 9.97. The van der Waals surface area contributed by atoms with Crippen LogP contribution in [0.2, 0.25) is 0 Å². The number of hydrogen-bond donors (Lipinski definition) is 0. The van der Waals surface area contributed by atoms with Crippen molar-refractivity contribution in [3.63, 3.8) is 0 Å². The third kappa shape index (κ3) is 3.77. The number of nitrogens with zero attached hydrogens (tertiary/aromatic N) is 3. The summed E-state index contributed by atoms with van der Waals surface area (Å²) in [6, 6.07) is 10.9. The van der Waals surface area contributed by atoms with Crippen LogP contribution in [0.1, 0.15) is 38.7 Å². The number of likely N-dealkylation sites (tertiary alicyclic amines) is 1. The molecule has 5 nitrogen and oxygen atoms in total. The molecule has 1 aromatic carbocycles. The number of aromatic nitrogens is 1. The summed E-state index contributed by atoms with van der Waals surface area (Å²) in [4.78, 5) is 27.6. The van der Waals surface area contributed by atoms with Gasteiger partial charge in [-0.1, -0.05) is 0 Å². The Hall–Kier alpha value is -2.94. The zero-order chi connectivity index (χ0) is 19.6. The highest BCUT2D eigenvalue weighted by molar-refractivity contribution is 5.78. The molecule has 2 atom stereocenters. The van der Waals surface area contributed by atoms with Gasteiger partial charge < -0.3 is 4.90 Å². The van der Waals surface area contributed by atoms with Crippen molar-refractivity contribution in [2.24, 2.45) is 0 Å². The van der Waals surface area contributed by atoms with E-state index in [0.717, 1.165) is 19.3 Å². The average Bonchev–Trinajstić information content (AvgIpc) is 2.64. The predicted octanol–water partition coefficient (Wildman–Crippen LogP) is 3.32. The largest absolute Gasteiger partial charge is 0.336 e. The number of benzene rings is 1. The number of carbonyl (C=O) groups excluding carboxylic acids is 1. The van der Waals surface area contributed by atoms with Crippen LogP contribution in [-0.4, -0.2) is 27.5 Å². The number of piperidine rings is 1. The van der Waals surface area contributed by atoms with Crippen molar-refractivity contribution < 1.29 is 9.18 Å². The van der Waals surface area contributed by atoms with Gasteiger partial charge in [-0.15, -0.1) is 0 Å². The standard InChI is InChI=1S/C21H22FN3O2/c1-14-4-3-5-15(2)25(14)20(26)13-24-19(11-8-17(12-23)21(24)27)16-6-9-18(22)10-7-16/h6-11,14-15H,3-5,13H2,1-2H3. The van der Waals surface area contributed by atoms with Crippen LogP contribution >= 0.6 is 0 Å². The Morgan fingerprint density at radius 3 is 2.37 bits per heavy atom. The summed E-state index contributed by atoms with van der Waals surface area (Å²) in [5.41, 5.74) is 0.577. The highest BCUT2D eigenvalue weighted by atomic mass is 19.1. The normalized spacial score (nSPS) is 19.6. The number of nitriles is 1. The molecule has 140 valence electrons. The van der Waals surface area contributed by atoms with Gasteiger partial charge in [0.2, 0.25) is 5.91 Å².